The molecule has 0 unspecified atom stereocenters. The summed E-state index contributed by atoms with van der Waals surface area (Å²) in [7, 11) is 0. The molecule has 0 heterocycles. The summed E-state index contributed by atoms with van der Waals surface area (Å²) in [6, 6.07) is 12.0. The molecule has 0 aromatic heterocycles. The highest BCUT2D eigenvalue weighted by Crippen LogP contribution is 2.27. The first-order chi connectivity index (χ1) is 10.5. The van der Waals surface area contributed by atoms with Crippen molar-refractivity contribution < 1.29 is 14.3 Å². The van der Waals surface area contributed by atoms with E-state index < -0.39 is 5.97 Å². The average molecular weight is 316 g/mol. The van der Waals surface area contributed by atoms with Gasteiger partial charge in [-0.3, -0.25) is 0 Å². The predicted octanol–water partition coefficient (Wildman–Crippen LogP) is 3.81. The molecule has 0 N–H and O–H groups in total. The lowest BCUT2D eigenvalue weighted by molar-refractivity contribution is -0.136. The van der Waals surface area contributed by atoms with Crippen LogP contribution in [0.4, 0.5) is 0 Å². The van der Waals surface area contributed by atoms with E-state index in [4.69, 9.17) is 26.3 Å². The molecule has 0 spiro atoms. The maximum atomic E-state index is 11.9. The lowest BCUT2D eigenvalue weighted by Gasteiger charge is -2.11. The molecule has 0 radical (unpaired) electrons. The number of aryl methyl sites for hydroxylation is 2. The van der Waals surface area contributed by atoms with Gasteiger partial charge in [0.2, 0.25) is 0 Å². The molecule has 5 heteroatoms. The van der Waals surface area contributed by atoms with Gasteiger partial charge in [-0.05, 0) is 61.4 Å². The Morgan fingerprint density at radius 1 is 1.18 bits per heavy atom. The molecule has 0 aliphatic carbocycles. The monoisotopic (exact) mass is 315 g/mol. The maximum absolute atomic E-state index is 11.9. The summed E-state index contributed by atoms with van der Waals surface area (Å²) in [5.41, 5.74) is 2.11. The molecule has 112 valence electrons. The van der Waals surface area contributed by atoms with Crippen molar-refractivity contribution in [1.82, 2.24) is 0 Å². The van der Waals surface area contributed by atoms with E-state index in [0.29, 0.717) is 22.1 Å². The molecular weight excluding hydrogens is 302 g/mol. The molecule has 2 aromatic carbocycles. The fraction of sp³-hybridized carbons (Fsp3) is 0.176. The van der Waals surface area contributed by atoms with Crippen LogP contribution in [0, 0.1) is 25.2 Å². The zero-order valence-corrected chi connectivity index (χ0v) is 13.0. The van der Waals surface area contributed by atoms with Crippen LogP contribution in [0.2, 0.25) is 5.02 Å². The highest BCUT2D eigenvalue weighted by molar-refractivity contribution is 6.30. The molecule has 2 rings (SSSR count). The van der Waals surface area contributed by atoms with Crippen molar-refractivity contribution in [2.24, 2.45) is 0 Å². The number of nitriles is 1. The van der Waals surface area contributed by atoms with Crippen LogP contribution < -0.4 is 9.47 Å². The Labute approximate surface area is 133 Å². The molecule has 0 atom stereocenters. The van der Waals surface area contributed by atoms with Gasteiger partial charge in [0.25, 0.3) is 0 Å². The Hall–Kier alpha value is -2.51. The van der Waals surface area contributed by atoms with Crippen molar-refractivity contribution in [2.45, 2.75) is 13.8 Å². The second kappa shape index (κ2) is 6.97. The van der Waals surface area contributed by atoms with E-state index in [1.165, 1.54) is 0 Å². The van der Waals surface area contributed by atoms with Crippen LogP contribution in [0.25, 0.3) is 0 Å². The van der Waals surface area contributed by atoms with E-state index in [1.807, 2.05) is 19.9 Å². The quantitative estimate of drug-likeness (QED) is 0.636. The van der Waals surface area contributed by atoms with Gasteiger partial charge < -0.3 is 9.47 Å². The second-order valence-electron chi connectivity index (χ2n) is 4.77. The first kappa shape index (κ1) is 15.9. The summed E-state index contributed by atoms with van der Waals surface area (Å²) >= 11 is 5.94. The van der Waals surface area contributed by atoms with Gasteiger partial charge >= 0.3 is 5.97 Å². The molecule has 0 saturated carbocycles. The summed E-state index contributed by atoms with van der Waals surface area (Å²) in [5, 5.41) is 9.31. The molecular formula is C17H14ClNO3. The van der Waals surface area contributed by atoms with Gasteiger partial charge in [-0.25, -0.2) is 4.79 Å². The van der Waals surface area contributed by atoms with Crippen molar-refractivity contribution in [2.75, 3.05) is 6.61 Å². The van der Waals surface area contributed by atoms with Gasteiger partial charge in [-0.15, -0.1) is 0 Å². The van der Waals surface area contributed by atoms with Crippen molar-refractivity contribution in [1.29, 1.82) is 5.26 Å². The number of ether oxygens (including phenoxy) is 2. The van der Waals surface area contributed by atoms with Crippen LogP contribution in [-0.4, -0.2) is 12.6 Å². The number of rotatable bonds is 4. The molecule has 0 aliphatic rings. The third-order valence-corrected chi connectivity index (χ3v) is 3.20. The van der Waals surface area contributed by atoms with Crippen LogP contribution in [0.1, 0.15) is 16.7 Å². The van der Waals surface area contributed by atoms with Crippen LogP contribution >= 0.6 is 11.6 Å². The number of nitrogens with zero attached hydrogens (tertiary/aromatic N) is 1. The minimum Gasteiger partial charge on any atom is -0.482 e. The number of benzene rings is 2. The molecule has 22 heavy (non-hydrogen) atoms. The highest BCUT2D eigenvalue weighted by Gasteiger charge is 2.12. The Kier molecular flexibility index (Phi) is 5.03. The predicted molar refractivity (Wildman–Crippen MR) is 83.2 cm³/mol. The number of hydrogen-bond acceptors (Lipinski definition) is 4. The first-order valence-corrected chi connectivity index (χ1v) is 6.98. The molecule has 0 bridgehead atoms. The van der Waals surface area contributed by atoms with Gasteiger partial charge in [-0.1, -0.05) is 11.6 Å². The van der Waals surface area contributed by atoms with Gasteiger partial charge in [0, 0.05) is 5.02 Å². The van der Waals surface area contributed by atoms with E-state index in [2.05, 4.69) is 0 Å². The number of esters is 1. The first-order valence-electron chi connectivity index (χ1n) is 6.60. The van der Waals surface area contributed by atoms with Gasteiger partial charge in [0.15, 0.2) is 6.61 Å². The highest BCUT2D eigenvalue weighted by atomic mass is 35.5. The number of halogens is 1. The lowest BCUT2D eigenvalue weighted by Crippen LogP contribution is -2.18. The van der Waals surface area contributed by atoms with Crippen LogP contribution in [0.3, 0.4) is 0 Å². The fourth-order valence-corrected chi connectivity index (χ4v) is 2.30. The fourth-order valence-electron chi connectivity index (χ4n) is 1.97. The van der Waals surface area contributed by atoms with Gasteiger partial charge in [0.1, 0.15) is 11.5 Å². The van der Waals surface area contributed by atoms with Crippen molar-refractivity contribution in [3.63, 3.8) is 0 Å². The third-order valence-electron chi connectivity index (χ3n) is 2.98. The van der Waals surface area contributed by atoms with Crippen LogP contribution in [0.15, 0.2) is 36.4 Å². The van der Waals surface area contributed by atoms with Crippen LogP contribution in [-0.2, 0) is 4.79 Å². The van der Waals surface area contributed by atoms with E-state index in [9.17, 15) is 4.79 Å². The zero-order chi connectivity index (χ0) is 16.1. The van der Waals surface area contributed by atoms with Crippen molar-refractivity contribution in [3.8, 4) is 17.6 Å². The van der Waals surface area contributed by atoms with Gasteiger partial charge in [-0.2, -0.15) is 5.26 Å². The minimum absolute atomic E-state index is 0.215. The topological polar surface area (TPSA) is 59.3 Å². The van der Waals surface area contributed by atoms with Crippen molar-refractivity contribution in [3.05, 3.63) is 58.1 Å². The number of carbonyl (C=O) groups excluding carboxylic acids is 1. The average Bonchev–Trinajstić information content (AvgIpc) is 2.49. The van der Waals surface area contributed by atoms with Gasteiger partial charge in [0.05, 0.1) is 11.6 Å². The standard InChI is InChI=1S/C17H14ClNO3/c1-11-7-14(18)8-12(2)17(11)22-16(20)10-21-15-5-3-13(9-19)4-6-15/h3-8H,10H2,1-2H3. The maximum Gasteiger partial charge on any atom is 0.349 e. The Bertz CT molecular complexity index is 710. The van der Waals surface area contributed by atoms with Crippen molar-refractivity contribution >= 4 is 17.6 Å². The Morgan fingerprint density at radius 3 is 2.32 bits per heavy atom. The summed E-state index contributed by atoms with van der Waals surface area (Å²) < 4.78 is 10.7. The molecule has 0 amide bonds. The summed E-state index contributed by atoms with van der Waals surface area (Å²) in [4.78, 5) is 11.9. The second-order valence-corrected chi connectivity index (χ2v) is 5.20. The molecule has 0 aliphatic heterocycles. The number of hydrogen-bond donors (Lipinski definition) is 0. The molecule has 2 aromatic rings. The largest absolute Gasteiger partial charge is 0.482 e. The summed E-state index contributed by atoms with van der Waals surface area (Å²) in [6.45, 7) is 3.43. The smallest absolute Gasteiger partial charge is 0.349 e. The Morgan fingerprint density at radius 2 is 1.77 bits per heavy atom. The summed E-state index contributed by atoms with van der Waals surface area (Å²) in [5.74, 6) is 0.496. The zero-order valence-electron chi connectivity index (χ0n) is 12.2. The SMILES string of the molecule is Cc1cc(Cl)cc(C)c1OC(=O)COc1ccc(C#N)cc1. The third kappa shape index (κ3) is 4.00. The molecule has 4 nitrogen and oxygen atoms in total. The normalized spacial score (nSPS) is 9.91. The van der Waals surface area contributed by atoms with E-state index >= 15 is 0 Å². The van der Waals surface area contributed by atoms with Crippen LogP contribution in [0.5, 0.6) is 11.5 Å². The lowest BCUT2D eigenvalue weighted by atomic mass is 10.1. The number of carbonyl (C=O) groups is 1. The molecule has 0 saturated heterocycles. The van der Waals surface area contributed by atoms with E-state index in [1.54, 1.807) is 36.4 Å². The molecule has 0 fully saturated rings. The minimum atomic E-state index is -0.502. The van der Waals surface area contributed by atoms with E-state index in [-0.39, 0.29) is 6.61 Å². The summed E-state index contributed by atoms with van der Waals surface area (Å²) in [6.07, 6.45) is 0. The Balaban J connectivity index is 1.97. The van der Waals surface area contributed by atoms with E-state index in [0.717, 1.165) is 11.1 Å².